The molecule has 102 valence electrons. The van der Waals surface area contributed by atoms with Crippen molar-refractivity contribution in [1.82, 2.24) is 4.98 Å². The number of hydrogen-bond donors (Lipinski definition) is 2. The summed E-state index contributed by atoms with van der Waals surface area (Å²) in [6.07, 6.45) is 0. The Morgan fingerprint density at radius 3 is 2.43 bits per heavy atom. The molecule has 0 saturated heterocycles. The van der Waals surface area contributed by atoms with Crippen LogP contribution >= 0.6 is 0 Å². The van der Waals surface area contributed by atoms with E-state index in [4.69, 9.17) is 0 Å². The van der Waals surface area contributed by atoms with E-state index in [0.29, 0.717) is 5.75 Å². The Bertz CT molecular complexity index is 952. The molecule has 0 fully saturated rings. The smallest absolute Gasteiger partial charge is 0.124 e. The van der Waals surface area contributed by atoms with E-state index < -0.39 is 0 Å². The summed E-state index contributed by atoms with van der Waals surface area (Å²) in [7, 11) is 0. The third-order valence-electron chi connectivity index (χ3n) is 4.02. The quantitative estimate of drug-likeness (QED) is 0.503. The van der Waals surface area contributed by atoms with Crippen LogP contribution in [0.5, 0.6) is 5.75 Å². The van der Waals surface area contributed by atoms with Gasteiger partial charge in [0, 0.05) is 21.9 Å². The molecule has 2 heteroatoms. The van der Waals surface area contributed by atoms with Crippen LogP contribution in [-0.4, -0.2) is 10.1 Å². The van der Waals surface area contributed by atoms with Gasteiger partial charge in [0.1, 0.15) is 5.75 Å². The highest BCUT2D eigenvalue weighted by molar-refractivity contribution is 6.16. The Balaban J connectivity index is 2.24. The van der Waals surface area contributed by atoms with Gasteiger partial charge >= 0.3 is 0 Å². The molecule has 0 aliphatic rings. The standard InChI is InChI=1S/C19H15NO/c1-12-11-16(21)17(13-7-3-2-4-8-13)18-14-9-5-6-10-15(14)20-19(12)18/h2-11,20-21H,1H3. The van der Waals surface area contributed by atoms with Crippen LogP contribution in [-0.2, 0) is 0 Å². The van der Waals surface area contributed by atoms with Gasteiger partial charge in [-0.05, 0) is 30.2 Å². The second-order valence-corrected chi connectivity index (χ2v) is 5.37. The van der Waals surface area contributed by atoms with Crippen LogP contribution in [0.1, 0.15) is 5.56 Å². The van der Waals surface area contributed by atoms with Crippen molar-refractivity contribution >= 4 is 21.8 Å². The zero-order valence-corrected chi connectivity index (χ0v) is 11.7. The number of rotatable bonds is 1. The largest absolute Gasteiger partial charge is 0.507 e. The first-order chi connectivity index (χ1) is 10.3. The lowest BCUT2D eigenvalue weighted by Crippen LogP contribution is -1.84. The van der Waals surface area contributed by atoms with E-state index in [1.165, 1.54) is 0 Å². The summed E-state index contributed by atoms with van der Waals surface area (Å²) in [6, 6.07) is 20.1. The van der Waals surface area contributed by atoms with Crippen molar-refractivity contribution in [2.45, 2.75) is 6.92 Å². The molecule has 21 heavy (non-hydrogen) atoms. The predicted molar refractivity (Wildman–Crippen MR) is 87.6 cm³/mol. The maximum atomic E-state index is 10.5. The van der Waals surface area contributed by atoms with E-state index in [1.54, 1.807) is 0 Å². The molecule has 4 aromatic rings. The summed E-state index contributed by atoms with van der Waals surface area (Å²) in [6.45, 7) is 2.02. The molecule has 0 amide bonds. The number of benzene rings is 3. The van der Waals surface area contributed by atoms with Gasteiger partial charge in [0.25, 0.3) is 0 Å². The van der Waals surface area contributed by atoms with E-state index in [1.807, 2.05) is 55.5 Å². The number of phenols is 1. The third kappa shape index (κ3) is 1.73. The number of aromatic amines is 1. The molecule has 2 N–H and O–H groups in total. The van der Waals surface area contributed by atoms with Gasteiger partial charge in [-0.3, -0.25) is 0 Å². The van der Waals surface area contributed by atoms with Crippen molar-refractivity contribution in [2.75, 3.05) is 0 Å². The number of H-pyrrole nitrogens is 1. The number of hydrogen-bond acceptors (Lipinski definition) is 1. The molecule has 1 aromatic heterocycles. The first kappa shape index (κ1) is 12.0. The summed E-state index contributed by atoms with van der Waals surface area (Å²) in [5.74, 6) is 0.330. The van der Waals surface area contributed by atoms with Gasteiger partial charge in [-0.25, -0.2) is 0 Å². The van der Waals surface area contributed by atoms with E-state index in [9.17, 15) is 5.11 Å². The highest BCUT2D eigenvalue weighted by Crippen LogP contribution is 2.41. The fraction of sp³-hybridized carbons (Fsp3) is 0.0526. The summed E-state index contributed by atoms with van der Waals surface area (Å²) in [5, 5.41) is 12.7. The van der Waals surface area contributed by atoms with E-state index >= 15 is 0 Å². The molecule has 1 heterocycles. The average Bonchev–Trinajstić information content (AvgIpc) is 2.89. The molecule has 4 rings (SSSR count). The van der Waals surface area contributed by atoms with Crippen molar-refractivity contribution in [2.24, 2.45) is 0 Å². The molecular formula is C19H15NO. The second-order valence-electron chi connectivity index (χ2n) is 5.37. The SMILES string of the molecule is Cc1cc(O)c(-c2ccccc2)c2c1[nH]c1ccccc12. The second kappa shape index (κ2) is 4.38. The summed E-state index contributed by atoms with van der Waals surface area (Å²) >= 11 is 0. The van der Waals surface area contributed by atoms with Gasteiger partial charge < -0.3 is 10.1 Å². The fourth-order valence-electron chi connectivity index (χ4n) is 3.07. The number of phenolic OH excluding ortho intramolecular Hbond substituents is 1. The van der Waals surface area contributed by atoms with Gasteiger partial charge in [-0.2, -0.15) is 0 Å². The lowest BCUT2D eigenvalue weighted by Gasteiger charge is -2.09. The Morgan fingerprint density at radius 2 is 1.62 bits per heavy atom. The van der Waals surface area contributed by atoms with Crippen molar-refractivity contribution in [3.05, 3.63) is 66.2 Å². The molecule has 0 atom stereocenters. The molecule has 0 spiro atoms. The van der Waals surface area contributed by atoms with Crippen molar-refractivity contribution in [3.8, 4) is 16.9 Å². The van der Waals surface area contributed by atoms with E-state index in [2.05, 4.69) is 17.1 Å². The molecule has 0 radical (unpaired) electrons. The summed E-state index contributed by atoms with van der Waals surface area (Å²) in [5.41, 5.74) is 5.17. The molecule has 2 nitrogen and oxygen atoms in total. The van der Waals surface area contributed by atoms with Crippen LogP contribution < -0.4 is 0 Å². The Labute approximate surface area is 122 Å². The molecule has 0 unspecified atom stereocenters. The number of nitrogens with one attached hydrogen (secondary N) is 1. The highest BCUT2D eigenvalue weighted by atomic mass is 16.3. The highest BCUT2D eigenvalue weighted by Gasteiger charge is 2.16. The first-order valence-electron chi connectivity index (χ1n) is 7.04. The Kier molecular flexibility index (Phi) is 2.51. The molecule has 0 aliphatic heterocycles. The average molecular weight is 273 g/mol. The minimum atomic E-state index is 0.330. The van der Waals surface area contributed by atoms with E-state index in [0.717, 1.165) is 38.5 Å². The predicted octanol–water partition coefficient (Wildman–Crippen LogP) is 5.00. The number of aryl methyl sites for hydroxylation is 1. The fourth-order valence-corrected chi connectivity index (χ4v) is 3.07. The molecule has 0 aliphatic carbocycles. The molecule has 0 bridgehead atoms. The van der Waals surface area contributed by atoms with Gasteiger partial charge in [0.2, 0.25) is 0 Å². The molecular weight excluding hydrogens is 258 g/mol. The van der Waals surface area contributed by atoms with Crippen LogP contribution in [0.3, 0.4) is 0 Å². The van der Waals surface area contributed by atoms with Crippen LogP contribution in [0.25, 0.3) is 32.9 Å². The maximum absolute atomic E-state index is 10.5. The zero-order chi connectivity index (χ0) is 14.4. The number of fused-ring (bicyclic) bond motifs is 3. The number of aromatic hydroxyl groups is 1. The van der Waals surface area contributed by atoms with Crippen molar-refractivity contribution in [3.63, 3.8) is 0 Å². The minimum absolute atomic E-state index is 0.330. The van der Waals surface area contributed by atoms with Crippen LogP contribution in [0.4, 0.5) is 0 Å². The first-order valence-corrected chi connectivity index (χ1v) is 7.04. The van der Waals surface area contributed by atoms with Gasteiger partial charge in [-0.15, -0.1) is 0 Å². The van der Waals surface area contributed by atoms with Gasteiger partial charge in [0.15, 0.2) is 0 Å². The lowest BCUT2D eigenvalue weighted by atomic mass is 9.96. The summed E-state index contributed by atoms with van der Waals surface area (Å²) in [4.78, 5) is 3.47. The van der Waals surface area contributed by atoms with E-state index in [-0.39, 0.29) is 0 Å². The monoisotopic (exact) mass is 273 g/mol. The summed E-state index contributed by atoms with van der Waals surface area (Å²) < 4.78 is 0. The topological polar surface area (TPSA) is 36.0 Å². The van der Waals surface area contributed by atoms with Crippen LogP contribution in [0, 0.1) is 6.92 Å². The van der Waals surface area contributed by atoms with Crippen molar-refractivity contribution in [1.29, 1.82) is 0 Å². The number of para-hydroxylation sites is 1. The van der Waals surface area contributed by atoms with Crippen LogP contribution in [0.2, 0.25) is 0 Å². The Hall–Kier alpha value is -2.74. The zero-order valence-electron chi connectivity index (χ0n) is 11.7. The van der Waals surface area contributed by atoms with Gasteiger partial charge in [0.05, 0.1) is 5.52 Å². The lowest BCUT2D eigenvalue weighted by molar-refractivity contribution is 0.477. The van der Waals surface area contributed by atoms with Crippen molar-refractivity contribution < 1.29 is 5.11 Å². The minimum Gasteiger partial charge on any atom is -0.507 e. The molecule has 3 aromatic carbocycles. The third-order valence-corrected chi connectivity index (χ3v) is 4.02. The maximum Gasteiger partial charge on any atom is 0.124 e. The number of aromatic nitrogens is 1. The molecule has 0 saturated carbocycles. The van der Waals surface area contributed by atoms with Gasteiger partial charge in [-0.1, -0.05) is 48.5 Å². The Morgan fingerprint density at radius 1 is 0.905 bits per heavy atom. The van der Waals surface area contributed by atoms with Crippen LogP contribution in [0.15, 0.2) is 60.7 Å². The normalized spacial score (nSPS) is 11.3.